The van der Waals surface area contributed by atoms with Crippen molar-refractivity contribution in [2.75, 3.05) is 0 Å². The van der Waals surface area contributed by atoms with Gasteiger partial charge in [0.1, 0.15) is 16.9 Å². The smallest absolute Gasteiger partial charge is 0.145 e. The molecule has 9 nitrogen and oxygen atoms in total. The summed E-state index contributed by atoms with van der Waals surface area (Å²) in [5.41, 5.74) is 34.3. The molecule has 0 saturated heterocycles. The SMILES string of the molecule is c1ccc(-c2cc(-c3ccccc3)cc(-n3c4ccc5c6ccccc6n(-c6cc(-c7ccccc7)cc(-c7ccccc7)c6)c5c4c4cccnc43)c2)cc1.c1ccc(-c2ccc(-n3c4ccc5c6ccccc6n(-c6ccc(-c7ccccc7)cc6)c5c4c4cccnc43)cc2)cc1.c1ccc2cc3cc(-n4c5ccc6c7ccccc7n(-c7ccc8cc9ccccc9cc8c7)c6c5c5cccnc54)ccc3cc2c1. The van der Waals surface area contributed by atoms with E-state index >= 15 is 0 Å². The van der Waals surface area contributed by atoms with Gasteiger partial charge in [-0.3, -0.25) is 13.7 Å². The quantitative estimate of drug-likeness (QED) is 0.114. The maximum Gasteiger partial charge on any atom is 0.145 e. The summed E-state index contributed by atoms with van der Waals surface area (Å²) in [5, 5.41) is 24.4. The highest BCUT2D eigenvalue weighted by Gasteiger charge is 2.28. The first-order valence-electron chi connectivity index (χ1n) is 50.6. The Balaban J connectivity index is 0.000000105. The number of benzene rings is 22. The van der Waals surface area contributed by atoms with Crippen molar-refractivity contribution in [2.24, 2.45) is 0 Å². The van der Waals surface area contributed by atoms with Crippen LogP contribution in [0.3, 0.4) is 0 Å². The van der Waals surface area contributed by atoms with Gasteiger partial charge in [-0.15, -0.1) is 0 Å². The van der Waals surface area contributed by atoms with Crippen molar-refractivity contribution in [1.82, 2.24) is 42.4 Å². The summed E-state index contributed by atoms with van der Waals surface area (Å²) in [4.78, 5) is 15.1. The number of hydrogen-bond donors (Lipinski definition) is 0. The lowest BCUT2D eigenvalue weighted by molar-refractivity contribution is 1.14. The van der Waals surface area contributed by atoms with Crippen molar-refractivity contribution in [1.29, 1.82) is 0 Å². The van der Waals surface area contributed by atoms with Crippen LogP contribution in [0.4, 0.5) is 0 Å². The molecule has 0 unspecified atom stereocenters. The molecule has 31 rings (SSSR count). The number of rotatable bonds is 12. The van der Waals surface area contributed by atoms with E-state index in [1.54, 1.807) is 0 Å². The predicted molar refractivity (Wildman–Crippen MR) is 621 cm³/mol. The van der Waals surface area contributed by atoms with Gasteiger partial charge in [-0.05, 0) is 292 Å². The second-order valence-corrected chi connectivity index (χ2v) is 38.5. The summed E-state index contributed by atoms with van der Waals surface area (Å²) in [6.07, 6.45) is 5.72. The van der Waals surface area contributed by atoms with Gasteiger partial charge in [0, 0.05) is 117 Å². The average Bonchev–Trinajstić information content (AvgIpc) is 1.54. The van der Waals surface area contributed by atoms with E-state index < -0.39 is 0 Å². The van der Waals surface area contributed by atoms with E-state index in [1.807, 2.05) is 24.7 Å². The summed E-state index contributed by atoms with van der Waals surface area (Å²) < 4.78 is 14.4. The molecule has 0 amide bonds. The topological polar surface area (TPSA) is 68.2 Å². The van der Waals surface area contributed by atoms with Gasteiger partial charge in [0.05, 0.1) is 49.7 Å². The van der Waals surface area contributed by atoms with Crippen LogP contribution in [-0.2, 0) is 0 Å². The Labute approximate surface area is 851 Å². The zero-order valence-electron chi connectivity index (χ0n) is 80.4. The highest BCUT2D eigenvalue weighted by Crippen LogP contribution is 2.49. The Bertz CT molecular complexity index is 10600. The van der Waals surface area contributed by atoms with Crippen molar-refractivity contribution in [2.45, 2.75) is 0 Å². The molecule has 9 heteroatoms. The van der Waals surface area contributed by atoms with Crippen LogP contribution in [-0.4, -0.2) is 42.4 Å². The van der Waals surface area contributed by atoms with Crippen LogP contribution < -0.4 is 0 Å². The first-order chi connectivity index (χ1) is 73.4. The Morgan fingerprint density at radius 1 is 0.122 bits per heavy atom. The first-order valence-corrected chi connectivity index (χ1v) is 50.6. The number of para-hydroxylation sites is 3. The van der Waals surface area contributed by atoms with E-state index in [0.717, 1.165) is 94.9 Å². The van der Waals surface area contributed by atoms with Gasteiger partial charge in [0.15, 0.2) is 0 Å². The summed E-state index contributed by atoms with van der Waals surface area (Å²) >= 11 is 0. The van der Waals surface area contributed by atoms with Gasteiger partial charge in [-0.25, -0.2) is 15.0 Å². The Kier molecular flexibility index (Phi) is 20.1. The summed E-state index contributed by atoms with van der Waals surface area (Å²) in [5.74, 6) is 0. The van der Waals surface area contributed by atoms with E-state index in [-0.39, 0.29) is 0 Å². The van der Waals surface area contributed by atoms with Gasteiger partial charge in [0.25, 0.3) is 0 Å². The maximum absolute atomic E-state index is 5.12. The number of nitrogens with zero attached hydrogens (tertiary/aromatic N) is 9. The van der Waals surface area contributed by atoms with Gasteiger partial charge in [-0.1, -0.05) is 340 Å². The van der Waals surface area contributed by atoms with Gasteiger partial charge < -0.3 is 13.7 Å². The minimum atomic E-state index is 0.930. The van der Waals surface area contributed by atoms with E-state index in [9.17, 15) is 0 Å². The lowest BCUT2D eigenvalue weighted by Crippen LogP contribution is -1.98. The van der Waals surface area contributed by atoms with Gasteiger partial charge in [0.2, 0.25) is 0 Å². The van der Waals surface area contributed by atoms with E-state index in [0.29, 0.717) is 0 Å². The predicted octanol–water partition coefficient (Wildman–Crippen LogP) is 36.4. The molecule has 22 aromatic carbocycles. The third kappa shape index (κ3) is 14.2. The van der Waals surface area contributed by atoms with Crippen LogP contribution in [0.2, 0.25) is 0 Å². The van der Waals surface area contributed by atoms with Crippen LogP contribution in [0, 0.1) is 0 Å². The molecule has 9 heterocycles. The van der Waals surface area contributed by atoms with Gasteiger partial charge >= 0.3 is 0 Å². The fourth-order valence-electron chi connectivity index (χ4n) is 23.4. The number of fused-ring (bicyclic) bond motifs is 25. The molecule has 0 atom stereocenters. The summed E-state index contributed by atoms with van der Waals surface area (Å²) in [7, 11) is 0. The van der Waals surface area contributed by atoms with E-state index in [2.05, 4.69) is 543 Å². The third-order valence-corrected chi connectivity index (χ3v) is 30.1. The molecule has 0 radical (unpaired) electrons. The molecule has 0 N–H and O–H groups in total. The van der Waals surface area contributed by atoms with Crippen LogP contribution in [0.15, 0.2) is 540 Å². The van der Waals surface area contributed by atoms with Crippen molar-refractivity contribution in [3.8, 4) is 101 Å². The molecule has 690 valence electrons. The average molecular weight is 1890 g/mol. The van der Waals surface area contributed by atoms with Crippen LogP contribution >= 0.6 is 0 Å². The Hall–Kier alpha value is -19.9. The second kappa shape index (κ2) is 35.1. The molecular weight excluding hydrogens is 1800 g/mol. The molecule has 31 aromatic rings. The van der Waals surface area contributed by atoms with Crippen LogP contribution in [0.1, 0.15) is 0 Å². The second-order valence-electron chi connectivity index (χ2n) is 38.5. The number of aromatic nitrogens is 9. The van der Waals surface area contributed by atoms with E-state index in [1.165, 1.54) is 180 Å². The van der Waals surface area contributed by atoms with Crippen LogP contribution in [0.25, 0.3) is 275 Å². The van der Waals surface area contributed by atoms with Crippen molar-refractivity contribution >= 4 is 174 Å². The fraction of sp³-hybridized carbons (Fsp3) is 0. The third-order valence-electron chi connectivity index (χ3n) is 30.1. The van der Waals surface area contributed by atoms with Crippen molar-refractivity contribution in [3.05, 3.63) is 540 Å². The van der Waals surface area contributed by atoms with Crippen LogP contribution in [0.5, 0.6) is 0 Å². The summed E-state index contributed by atoms with van der Waals surface area (Å²) in [6, 6.07) is 188. The minimum Gasteiger partial charge on any atom is -0.309 e. The lowest BCUT2D eigenvalue weighted by Gasteiger charge is -2.15. The van der Waals surface area contributed by atoms with Crippen molar-refractivity contribution < 1.29 is 0 Å². The van der Waals surface area contributed by atoms with Crippen molar-refractivity contribution in [3.63, 3.8) is 0 Å². The standard InChI is InChI=1S/C53H35N3.C45H27N3.C41H27N3/c1-5-16-36(17-6-1)40-30-41(37-18-7-2-8-19-37)33-44(32-40)55-49-26-14-13-24-46(49)47-27-28-50-51(52(47)55)48-25-15-29-54-53(48)56(50)45-34-42(38-20-9-3-10-21-38)31-43(35-45)39-22-11-4-12-23-39;1-3-10-30-24-34-26-36(17-15-32(34)22-28(30)8-1)47-41-14-6-5-12-38(41)39-19-20-42-43(44(39)47)40-13-7-21-46-45(40)48(42)37-18-16-33-23-29-9-2-4-11-31(29)25-35(33)27-37;1-3-10-28(11-4-1)30-17-21-32(22-18-30)43-37-16-8-7-14-34(37)35-25-26-38-39(40(35)43)36-15-9-27-42-41(36)44(38)33-23-19-31(20-24-33)29-12-5-2-6-13-29/h1-35H;1-27H;1-27H. The first kappa shape index (κ1) is 85.0. The molecule has 0 aliphatic carbocycles. The zero-order valence-corrected chi connectivity index (χ0v) is 80.4. The molecule has 0 spiro atoms. The fourth-order valence-corrected chi connectivity index (χ4v) is 23.4. The number of hydrogen-bond acceptors (Lipinski definition) is 3. The molecule has 0 bridgehead atoms. The molecule has 148 heavy (non-hydrogen) atoms. The molecule has 0 fully saturated rings. The van der Waals surface area contributed by atoms with E-state index in [4.69, 9.17) is 15.0 Å². The highest BCUT2D eigenvalue weighted by atomic mass is 15.1. The monoisotopic (exact) mass is 1880 g/mol. The molecule has 0 aliphatic rings. The maximum atomic E-state index is 5.12. The van der Waals surface area contributed by atoms with Gasteiger partial charge in [-0.2, -0.15) is 0 Å². The highest BCUT2D eigenvalue weighted by molar-refractivity contribution is 6.29. The molecule has 9 aromatic heterocycles. The normalized spacial score (nSPS) is 11.8. The number of pyridine rings is 3. The Morgan fingerprint density at radius 3 is 0.703 bits per heavy atom. The molecular formula is C139H89N9. The Morgan fingerprint density at radius 2 is 0.358 bits per heavy atom. The largest absolute Gasteiger partial charge is 0.309 e. The molecule has 0 aliphatic heterocycles. The minimum absolute atomic E-state index is 0.930. The zero-order chi connectivity index (χ0) is 97.4. The molecule has 0 saturated carbocycles. The lowest BCUT2D eigenvalue weighted by atomic mass is 9.98. The summed E-state index contributed by atoms with van der Waals surface area (Å²) in [6.45, 7) is 0.